The molecule has 0 aliphatic carbocycles. The molecule has 2 N–H and O–H groups in total. The third kappa shape index (κ3) is 3.10. The van der Waals surface area contributed by atoms with Crippen LogP contribution in [0.4, 0.5) is 4.79 Å². The van der Waals surface area contributed by atoms with Gasteiger partial charge in [0.2, 0.25) is 0 Å². The van der Waals surface area contributed by atoms with Gasteiger partial charge in [-0.3, -0.25) is 0 Å². The van der Waals surface area contributed by atoms with Crippen molar-refractivity contribution in [2.45, 2.75) is 38.3 Å². The Labute approximate surface area is 93.9 Å². The average molecular weight is 231 g/mol. The predicted octanol–water partition coefficient (Wildman–Crippen LogP) is 0.755. The zero-order valence-corrected chi connectivity index (χ0v) is 9.49. The van der Waals surface area contributed by atoms with E-state index in [0.717, 1.165) is 0 Å². The van der Waals surface area contributed by atoms with Gasteiger partial charge in [0.05, 0.1) is 6.10 Å². The Hall–Kier alpha value is -1.30. The number of ether oxygens (including phenoxy) is 2. The summed E-state index contributed by atoms with van der Waals surface area (Å²) in [5.41, 5.74) is -1.25. The second kappa shape index (κ2) is 5.16. The average Bonchev–Trinajstić information content (AvgIpc) is 2.17. The molecule has 16 heavy (non-hydrogen) atoms. The molecule has 6 nitrogen and oxygen atoms in total. The van der Waals surface area contributed by atoms with Gasteiger partial charge >= 0.3 is 12.1 Å². The predicted molar refractivity (Wildman–Crippen MR) is 55.2 cm³/mol. The Morgan fingerprint density at radius 2 is 1.94 bits per heavy atom. The maximum absolute atomic E-state index is 11.4. The van der Waals surface area contributed by atoms with Crippen LogP contribution in [0.1, 0.15) is 26.7 Å². The molecule has 0 aromatic carbocycles. The van der Waals surface area contributed by atoms with Gasteiger partial charge < -0.3 is 19.9 Å². The number of carboxylic acid groups (broad SMARTS) is 1. The second-order valence-electron chi connectivity index (χ2n) is 4.08. The lowest BCUT2D eigenvalue weighted by atomic mass is 9.90. The smallest absolute Gasteiger partial charge is 0.408 e. The summed E-state index contributed by atoms with van der Waals surface area (Å²) in [5, 5.41) is 11.6. The monoisotopic (exact) mass is 231 g/mol. The van der Waals surface area contributed by atoms with Crippen molar-refractivity contribution in [2.24, 2.45) is 0 Å². The minimum absolute atomic E-state index is 0.259. The van der Waals surface area contributed by atoms with Gasteiger partial charge in [-0.1, -0.05) is 0 Å². The molecule has 0 atom stereocenters. The van der Waals surface area contributed by atoms with Crippen molar-refractivity contribution in [1.82, 2.24) is 5.32 Å². The number of aliphatic carboxylic acids is 1. The van der Waals surface area contributed by atoms with E-state index in [-0.39, 0.29) is 18.9 Å². The number of hydrogen-bond acceptors (Lipinski definition) is 4. The van der Waals surface area contributed by atoms with Gasteiger partial charge in [0.1, 0.15) is 5.54 Å². The lowest BCUT2D eigenvalue weighted by Gasteiger charge is -2.33. The van der Waals surface area contributed by atoms with E-state index in [4.69, 9.17) is 14.6 Å². The van der Waals surface area contributed by atoms with Crippen molar-refractivity contribution in [3.63, 3.8) is 0 Å². The standard InChI is InChI=1S/C10H17NO5/c1-7(2)16-9(14)11-10(8(12)13)3-5-15-6-4-10/h7H,3-6H2,1-2H3,(H,11,14)(H,12,13). The van der Waals surface area contributed by atoms with Gasteiger partial charge in [0, 0.05) is 26.1 Å². The fourth-order valence-electron chi connectivity index (χ4n) is 1.55. The van der Waals surface area contributed by atoms with Gasteiger partial charge in [-0.25, -0.2) is 9.59 Å². The Bertz CT molecular complexity index is 270. The molecule has 6 heteroatoms. The molecule has 0 aromatic heterocycles. The number of hydrogen-bond donors (Lipinski definition) is 2. The highest BCUT2D eigenvalue weighted by atomic mass is 16.6. The molecule has 0 saturated carbocycles. The molecule has 1 rings (SSSR count). The van der Waals surface area contributed by atoms with E-state index in [1.54, 1.807) is 13.8 Å². The van der Waals surface area contributed by atoms with Crippen LogP contribution in [0.15, 0.2) is 0 Å². The quantitative estimate of drug-likeness (QED) is 0.748. The van der Waals surface area contributed by atoms with Crippen LogP contribution in [-0.2, 0) is 14.3 Å². The summed E-state index contributed by atoms with van der Waals surface area (Å²) in [6, 6.07) is 0. The molecule has 0 aromatic rings. The number of alkyl carbamates (subject to hydrolysis) is 1. The molecule has 0 spiro atoms. The first-order valence-corrected chi connectivity index (χ1v) is 5.26. The lowest BCUT2D eigenvalue weighted by Crippen LogP contribution is -2.57. The molecule has 1 fully saturated rings. The number of rotatable bonds is 3. The van der Waals surface area contributed by atoms with Crippen LogP contribution in [0, 0.1) is 0 Å². The van der Waals surface area contributed by atoms with Gasteiger partial charge in [0.15, 0.2) is 0 Å². The summed E-state index contributed by atoms with van der Waals surface area (Å²) < 4.78 is 9.96. The van der Waals surface area contributed by atoms with E-state index in [9.17, 15) is 9.59 Å². The maximum atomic E-state index is 11.4. The summed E-state index contributed by atoms with van der Waals surface area (Å²) in [6.07, 6.45) is -0.449. The van der Waals surface area contributed by atoms with Gasteiger partial charge in [0.25, 0.3) is 0 Å². The first-order chi connectivity index (χ1) is 7.46. The Morgan fingerprint density at radius 3 is 2.38 bits per heavy atom. The first-order valence-electron chi connectivity index (χ1n) is 5.26. The van der Waals surface area contributed by atoms with Gasteiger partial charge in [-0.15, -0.1) is 0 Å². The molecule has 1 amide bonds. The maximum Gasteiger partial charge on any atom is 0.408 e. The molecule has 92 valence electrons. The van der Waals surface area contributed by atoms with Crippen molar-refractivity contribution in [1.29, 1.82) is 0 Å². The van der Waals surface area contributed by atoms with Gasteiger partial charge in [-0.05, 0) is 13.8 Å². The van der Waals surface area contributed by atoms with Crippen LogP contribution in [0.5, 0.6) is 0 Å². The molecular formula is C10H17NO5. The van der Waals surface area contributed by atoms with Crippen LogP contribution in [-0.4, -0.2) is 42.0 Å². The molecule has 0 unspecified atom stereocenters. The third-order valence-electron chi connectivity index (χ3n) is 2.44. The second-order valence-corrected chi connectivity index (χ2v) is 4.08. The largest absolute Gasteiger partial charge is 0.480 e. The topological polar surface area (TPSA) is 84.9 Å². The Morgan fingerprint density at radius 1 is 1.38 bits per heavy atom. The summed E-state index contributed by atoms with van der Waals surface area (Å²) in [4.78, 5) is 22.6. The molecule has 1 aliphatic rings. The van der Waals surface area contributed by atoms with Crippen molar-refractivity contribution < 1.29 is 24.2 Å². The minimum Gasteiger partial charge on any atom is -0.480 e. The zero-order chi connectivity index (χ0) is 12.2. The molecule has 1 aliphatic heterocycles. The molecule has 1 saturated heterocycles. The van der Waals surface area contributed by atoms with E-state index >= 15 is 0 Å². The normalized spacial score (nSPS) is 19.2. The van der Waals surface area contributed by atoms with E-state index in [2.05, 4.69) is 5.32 Å². The fraction of sp³-hybridized carbons (Fsp3) is 0.800. The van der Waals surface area contributed by atoms with Crippen LogP contribution < -0.4 is 5.32 Å². The van der Waals surface area contributed by atoms with E-state index in [1.807, 2.05) is 0 Å². The summed E-state index contributed by atoms with van der Waals surface area (Å²) in [5.74, 6) is -1.04. The lowest BCUT2D eigenvalue weighted by molar-refractivity contribution is -0.148. The van der Waals surface area contributed by atoms with Crippen LogP contribution in [0.3, 0.4) is 0 Å². The molecule has 0 radical (unpaired) electrons. The van der Waals surface area contributed by atoms with Gasteiger partial charge in [-0.2, -0.15) is 0 Å². The number of carboxylic acids is 1. The number of carbonyl (C=O) groups is 2. The van der Waals surface area contributed by atoms with Crippen LogP contribution in [0.25, 0.3) is 0 Å². The Kier molecular flexibility index (Phi) is 4.12. The zero-order valence-electron chi connectivity index (χ0n) is 9.49. The number of carbonyl (C=O) groups excluding carboxylic acids is 1. The van der Waals surface area contributed by atoms with E-state index < -0.39 is 17.6 Å². The summed E-state index contributed by atoms with van der Waals surface area (Å²) in [6.45, 7) is 4.07. The van der Waals surface area contributed by atoms with Crippen molar-refractivity contribution in [3.8, 4) is 0 Å². The van der Waals surface area contributed by atoms with E-state index in [0.29, 0.717) is 13.2 Å². The Balaban J connectivity index is 2.64. The minimum atomic E-state index is -1.25. The van der Waals surface area contributed by atoms with Crippen molar-refractivity contribution >= 4 is 12.1 Å². The highest BCUT2D eigenvalue weighted by molar-refractivity contribution is 5.84. The number of nitrogens with one attached hydrogen (secondary N) is 1. The summed E-state index contributed by atoms with van der Waals surface area (Å²) >= 11 is 0. The summed E-state index contributed by atoms with van der Waals surface area (Å²) in [7, 11) is 0. The van der Waals surface area contributed by atoms with E-state index in [1.165, 1.54) is 0 Å². The molecular weight excluding hydrogens is 214 g/mol. The van der Waals surface area contributed by atoms with Crippen LogP contribution in [0.2, 0.25) is 0 Å². The highest BCUT2D eigenvalue weighted by Crippen LogP contribution is 2.21. The van der Waals surface area contributed by atoms with Crippen molar-refractivity contribution in [2.75, 3.05) is 13.2 Å². The molecule has 0 bridgehead atoms. The molecule has 1 heterocycles. The third-order valence-corrected chi connectivity index (χ3v) is 2.44. The highest BCUT2D eigenvalue weighted by Gasteiger charge is 2.42. The first kappa shape index (κ1) is 12.8. The van der Waals surface area contributed by atoms with Crippen LogP contribution >= 0.6 is 0 Å². The SMILES string of the molecule is CC(C)OC(=O)NC1(C(=O)O)CCOCC1. The number of amides is 1. The van der Waals surface area contributed by atoms with Crippen molar-refractivity contribution in [3.05, 3.63) is 0 Å². The fourth-order valence-corrected chi connectivity index (χ4v) is 1.55.